The van der Waals surface area contributed by atoms with E-state index in [9.17, 15) is 4.79 Å². The molecule has 6 heteroatoms. The molecule has 3 rings (SSSR count). The summed E-state index contributed by atoms with van der Waals surface area (Å²) in [6, 6.07) is 11.7. The first-order valence-corrected chi connectivity index (χ1v) is 6.93. The van der Waals surface area contributed by atoms with Crippen molar-refractivity contribution in [1.29, 1.82) is 0 Å². The van der Waals surface area contributed by atoms with Gasteiger partial charge in [0.05, 0.1) is 5.52 Å². The van der Waals surface area contributed by atoms with Crippen LogP contribution in [0.2, 0.25) is 0 Å². The van der Waals surface area contributed by atoms with Crippen molar-refractivity contribution in [1.82, 2.24) is 15.3 Å². The number of hydrogen-bond acceptors (Lipinski definition) is 3. The number of hydrogen-bond donors (Lipinski definition) is 4. The minimum absolute atomic E-state index is 0.313. The molecule has 0 aliphatic carbocycles. The predicted octanol–water partition coefficient (Wildman–Crippen LogP) is 2.94. The Kier molecular flexibility index (Phi) is 3.91. The fourth-order valence-corrected chi connectivity index (χ4v) is 2.26. The molecule has 22 heavy (non-hydrogen) atoms. The number of fused-ring (bicyclic) bond motifs is 1. The molecule has 0 fully saturated rings. The van der Waals surface area contributed by atoms with Crippen LogP contribution in [-0.2, 0) is 13.1 Å². The third-order valence-electron chi connectivity index (χ3n) is 3.41. The zero-order valence-corrected chi connectivity index (χ0v) is 11.8. The number of aromatic nitrogens is 2. The quantitative estimate of drug-likeness (QED) is 0.582. The molecule has 0 saturated heterocycles. The van der Waals surface area contributed by atoms with Crippen LogP contribution in [0.25, 0.3) is 10.9 Å². The first kappa shape index (κ1) is 13.9. The number of benzene rings is 1. The lowest BCUT2D eigenvalue weighted by Crippen LogP contribution is -2.19. The van der Waals surface area contributed by atoms with E-state index in [0.717, 1.165) is 27.8 Å². The summed E-state index contributed by atoms with van der Waals surface area (Å²) in [5.74, 6) is 0.843. The van der Waals surface area contributed by atoms with E-state index in [4.69, 9.17) is 5.11 Å². The second-order valence-electron chi connectivity index (χ2n) is 4.93. The van der Waals surface area contributed by atoms with Gasteiger partial charge in [-0.15, -0.1) is 0 Å². The molecule has 0 atom stereocenters. The van der Waals surface area contributed by atoms with Crippen LogP contribution in [0.5, 0.6) is 0 Å². The number of nitrogens with zero attached hydrogens (tertiary/aromatic N) is 1. The molecule has 0 aliphatic heterocycles. The van der Waals surface area contributed by atoms with Crippen LogP contribution in [0.1, 0.15) is 11.1 Å². The van der Waals surface area contributed by atoms with E-state index < -0.39 is 6.09 Å². The summed E-state index contributed by atoms with van der Waals surface area (Å²) in [5, 5.41) is 15.3. The molecular weight excluding hydrogens is 280 g/mol. The highest BCUT2D eigenvalue weighted by molar-refractivity contribution is 5.89. The summed E-state index contributed by atoms with van der Waals surface area (Å²) in [4.78, 5) is 18.0. The van der Waals surface area contributed by atoms with Crippen molar-refractivity contribution in [3.63, 3.8) is 0 Å². The highest BCUT2D eigenvalue weighted by atomic mass is 16.4. The highest BCUT2D eigenvalue weighted by Crippen LogP contribution is 2.20. The standard InChI is InChI=1S/C16H16N4O2/c21-16(22)20-10-12-3-1-11(2-4-12)9-19-15-13-5-7-17-14(13)6-8-18-15/h1-8,17,20H,9-10H2,(H,18,19)(H,21,22). The smallest absolute Gasteiger partial charge is 0.404 e. The van der Waals surface area contributed by atoms with Crippen LogP contribution in [0.4, 0.5) is 10.6 Å². The SMILES string of the molecule is O=C(O)NCc1ccc(CNc2nccc3[nH]ccc23)cc1. The van der Waals surface area contributed by atoms with Crippen molar-refractivity contribution in [3.05, 3.63) is 59.9 Å². The van der Waals surface area contributed by atoms with Crippen molar-refractivity contribution in [2.24, 2.45) is 0 Å². The van der Waals surface area contributed by atoms with E-state index in [1.165, 1.54) is 0 Å². The molecule has 0 unspecified atom stereocenters. The van der Waals surface area contributed by atoms with E-state index in [-0.39, 0.29) is 0 Å². The monoisotopic (exact) mass is 296 g/mol. The van der Waals surface area contributed by atoms with Gasteiger partial charge in [0, 0.05) is 30.9 Å². The normalized spacial score (nSPS) is 10.5. The fourth-order valence-electron chi connectivity index (χ4n) is 2.26. The van der Waals surface area contributed by atoms with Gasteiger partial charge in [-0.25, -0.2) is 9.78 Å². The number of nitrogens with one attached hydrogen (secondary N) is 3. The van der Waals surface area contributed by atoms with Gasteiger partial charge in [0.15, 0.2) is 0 Å². The summed E-state index contributed by atoms with van der Waals surface area (Å²) >= 11 is 0. The number of carbonyl (C=O) groups is 1. The number of rotatable bonds is 5. The van der Waals surface area contributed by atoms with Gasteiger partial charge < -0.3 is 20.7 Å². The van der Waals surface area contributed by atoms with Crippen LogP contribution in [0.3, 0.4) is 0 Å². The summed E-state index contributed by atoms with van der Waals surface area (Å²) in [5.41, 5.74) is 3.08. The summed E-state index contributed by atoms with van der Waals surface area (Å²) < 4.78 is 0. The lowest BCUT2D eigenvalue weighted by Gasteiger charge is -2.08. The van der Waals surface area contributed by atoms with Gasteiger partial charge >= 0.3 is 6.09 Å². The van der Waals surface area contributed by atoms with Crippen LogP contribution in [-0.4, -0.2) is 21.2 Å². The number of aromatic amines is 1. The van der Waals surface area contributed by atoms with Crippen LogP contribution in [0.15, 0.2) is 48.8 Å². The van der Waals surface area contributed by atoms with E-state index in [0.29, 0.717) is 13.1 Å². The number of carboxylic acid groups (broad SMARTS) is 1. The lowest BCUT2D eigenvalue weighted by molar-refractivity contribution is 0.194. The Morgan fingerprint density at radius 3 is 2.55 bits per heavy atom. The van der Waals surface area contributed by atoms with E-state index in [1.807, 2.05) is 42.6 Å². The molecule has 0 spiro atoms. The fraction of sp³-hybridized carbons (Fsp3) is 0.125. The van der Waals surface area contributed by atoms with Crippen LogP contribution >= 0.6 is 0 Å². The second kappa shape index (κ2) is 6.17. The molecule has 0 radical (unpaired) electrons. The summed E-state index contributed by atoms with van der Waals surface area (Å²) in [6.07, 6.45) is 2.64. The number of pyridine rings is 1. The largest absolute Gasteiger partial charge is 0.465 e. The van der Waals surface area contributed by atoms with E-state index >= 15 is 0 Å². The third-order valence-corrected chi connectivity index (χ3v) is 3.41. The number of H-pyrrole nitrogens is 1. The molecule has 2 aromatic heterocycles. The van der Waals surface area contributed by atoms with Gasteiger partial charge in [-0.3, -0.25) is 0 Å². The molecule has 6 nitrogen and oxygen atoms in total. The third kappa shape index (κ3) is 3.17. The highest BCUT2D eigenvalue weighted by Gasteiger charge is 2.03. The topological polar surface area (TPSA) is 90.0 Å². The molecule has 0 saturated carbocycles. The number of anilines is 1. The lowest BCUT2D eigenvalue weighted by atomic mass is 10.1. The van der Waals surface area contributed by atoms with Gasteiger partial charge in [-0.05, 0) is 23.3 Å². The molecule has 1 amide bonds. The van der Waals surface area contributed by atoms with Crippen molar-refractivity contribution in [2.45, 2.75) is 13.1 Å². The molecule has 112 valence electrons. The Labute approximate surface area is 127 Å². The van der Waals surface area contributed by atoms with Crippen molar-refractivity contribution < 1.29 is 9.90 Å². The maximum atomic E-state index is 10.5. The minimum Gasteiger partial charge on any atom is -0.465 e. The average molecular weight is 296 g/mol. The van der Waals surface area contributed by atoms with Gasteiger partial charge in [-0.2, -0.15) is 0 Å². The minimum atomic E-state index is -1.02. The van der Waals surface area contributed by atoms with Gasteiger partial charge in [-0.1, -0.05) is 24.3 Å². The molecule has 3 aromatic rings. The van der Waals surface area contributed by atoms with Gasteiger partial charge in [0.2, 0.25) is 0 Å². The molecule has 1 aromatic carbocycles. The van der Waals surface area contributed by atoms with Crippen LogP contribution < -0.4 is 10.6 Å². The Balaban J connectivity index is 1.64. The Morgan fingerprint density at radius 1 is 1.09 bits per heavy atom. The molecule has 2 heterocycles. The van der Waals surface area contributed by atoms with Crippen molar-refractivity contribution >= 4 is 22.8 Å². The molecular formula is C16H16N4O2. The zero-order chi connectivity index (χ0) is 15.4. The van der Waals surface area contributed by atoms with E-state index in [2.05, 4.69) is 20.6 Å². The Bertz CT molecular complexity index is 780. The maximum Gasteiger partial charge on any atom is 0.404 e. The molecule has 4 N–H and O–H groups in total. The Morgan fingerprint density at radius 2 is 1.82 bits per heavy atom. The second-order valence-corrected chi connectivity index (χ2v) is 4.93. The first-order valence-electron chi connectivity index (χ1n) is 6.93. The van der Waals surface area contributed by atoms with Crippen LogP contribution in [0, 0.1) is 0 Å². The predicted molar refractivity (Wildman–Crippen MR) is 84.7 cm³/mol. The zero-order valence-electron chi connectivity index (χ0n) is 11.8. The first-order chi connectivity index (χ1) is 10.7. The van der Waals surface area contributed by atoms with E-state index in [1.54, 1.807) is 6.20 Å². The van der Waals surface area contributed by atoms with Crippen molar-refractivity contribution in [2.75, 3.05) is 5.32 Å². The van der Waals surface area contributed by atoms with Crippen molar-refractivity contribution in [3.8, 4) is 0 Å². The summed E-state index contributed by atoms with van der Waals surface area (Å²) in [6.45, 7) is 0.969. The summed E-state index contributed by atoms with van der Waals surface area (Å²) in [7, 11) is 0. The molecule has 0 bridgehead atoms. The van der Waals surface area contributed by atoms with Gasteiger partial charge in [0.1, 0.15) is 5.82 Å². The Hall–Kier alpha value is -3.02. The average Bonchev–Trinajstić information content (AvgIpc) is 3.01. The maximum absolute atomic E-state index is 10.5. The van der Waals surface area contributed by atoms with Gasteiger partial charge in [0.25, 0.3) is 0 Å². The molecule has 0 aliphatic rings. The number of amides is 1.